The molecule has 2 aromatic carbocycles. The number of azo groups is 1. The summed E-state index contributed by atoms with van der Waals surface area (Å²) < 4.78 is 22.3. The van der Waals surface area contributed by atoms with E-state index in [1.807, 2.05) is 13.8 Å². The zero-order chi connectivity index (χ0) is 23.7. The van der Waals surface area contributed by atoms with Crippen molar-refractivity contribution >= 4 is 34.8 Å². The summed E-state index contributed by atoms with van der Waals surface area (Å²) in [6.45, 7) is 5.66. The number of methoxy groups -OCH3 is 2. The van der Waals surface area contributed by atoms with Crippen molar-refractivity contribution in [1.82, 2.24) is 0 Å². The van der Waals surface area contributed by atoms with Crippen LogP contribution in [0.15, 0.2) is 46.6 Å². The van der Waals surface area contributed by atoms with Crippen LogP contribution in [-0.4, -0.2) is 45.2 Å². The summed E-state index contributed by atoms with van der Waals surface area (Å²) in [5, 5.41) is 8.12. The zero-order valence-electron chi connectivity index (χ0n) is 18.6. The highest BCUT2D eigenvalue weighted by Crippen LogP contribution is 2.38. The van der Waals surface area contributed by atoms with Crippen molar-refractivity contribution in [3.05, 3.63) is 36.4 Å². The van der Waals surface area contributed by atoms with E-state index in [0.717, 1.165) is 4.42 Å². The van der Waals surface area contributed by atoms with E-state index in [-0.39, 0.29) is 11.4 Å². The minimum Gasteiger partial charge on any atom is -0.497 e. The predicted molar refractivity (Wildman–Crippen MR) is 121 cm³/mol. The average molecular weight is 464 g/mol. The van der Waals surface area contributed by atoms with Crippen molar-refractivity contribution in [3.8, 4) is 23.0 Å². The van der Waals surface area contributed by atoms with E-state index in [1.54, 1.807) is 24.3 Å². The summed E-state index contributed by atoms with van der Waals surface area (Å²) in [5.41, 5.74) is 0.526. The van der Waals surface area contributed by atoms with Gasteiger partial charge in [0.1, 0.15) is 11.5 Å². The Kier molecular flexibility index (Phi) is 9.27. The third-order valence-electron chi connectivity index (χ3n) is 4.21. The fraction of sp³-hybridized carbons (Fsp3) is 0.364. The highest BCUT2D eigenvalue weighted by atomic mass is 35.5. The van der Waals surface area contributed by atoms with Gasteiger partial charge in [0.2, 0.25) is 6.04 Å². The van der Waals surface area contributed by atoms with E-state index in [0.29, 0.717) is 36.2 Å². The molecule has 1 atom stereocenters. The number of ether oxygens (including phenoxy) is 4. The fourth-order valence-electron chi connectivity index (χ4n) is 2.71. The predicted octanol–water partition coefficient (Wildman–Crippen LogP) is 4.73. The van der Waals surface area contributed by atoms with Crippen LogP contribution in [0.25, 0.3) is 0 Å². The van der Waals surface area contributed by atoms with Crippen molar-refractivity contribution in [2.75, 3.05) is 31.9 Å². The molecule has 0 saturated carbocycles. The van der Waals surface area contributed by atoms with Gasteiger partial charge in [0, 0.05) is 30.0 Å². The van der Waals surface area contributed by atoms with Crippen molar-refractivity contribution in [2.24, 2.45) is 10.2 Å². The molecule has 0 aliphatic carbocycles. The summed E-state index contributed by atoms with van der Waals surface area (Å²) in [5.74, 6) is 0.349. The van der Waals surface area contributed by atoms with Gasteiger partial charge in [-0.1, -0.05) is 6.07 Å². The van der Waals surface area contributed by atoms with Gasteiger partial charge < -0.3 is 18.9 Å². The highest BCUT2D eigenvalue weighted by Gasteiger charge is 2.29. The first-order valence-electron chi connectivity index (χ1n) is 9.88. The van der Waals surface area contributed by atoms with E-state index >= 15 is 0 Å². The first kappa shape index (κ1) is 24.9. The van der Waals surface area contributed by atoms with Gasteiger partial charge in [0.25, 0.3) is 5.91 Å². The Labute approximate surface area is 192 Å². The number of benzene rings is 2. The van der Waals surface area contributed by atoms with Gasteiger partial charge >= 0.3 is 0 Å². The average Bonchev–Trinajstić information content (AvgIpc) is 2.79. The summed E-state index contributed by atoms with van der Waals surface area (Å²) >= 11 is 6.27. The molecule has 10 heteroatoms. The lowest BCUT2D eigenvalue weighted by Crippen LogP contribution is -2.36. The number of ketones is 1. The largest absolute Gasteiger partial charge is 0.497 e. The number of carbonyl (C=O) groups excluding carboxylic acids is 2. The molecule has 0 fully saturated rings. The highest BCUT2D eigenvalue weighted by molar-refractivity contribution is 6.39. The normalized spacial score (nSPS) is 11.7. The molecule has 0 bridgehead atoms. The number of rotatable bonds is 11. The summed E-state index contributed by atoms with van der Waals surface area (Å²) in [6.07, 6.45) is 0. The molecule has 1 amide bonds. The van der Waals surface area contributed by atoms with Crippen molar-refractivity contribution in [2.45, 2.75) is 26.8 Å². The number of anilines is 1. The summed E-state index contributed by atoms with van der Waals surface area (Å²) in [6, 6.07) is 8.34. The van der Waals surface area contributed by atoms with Gasteiger partial charge in [-0.05, 0) is 32.9 Å². The molecular weight excluding hydrogens is 438 g/mol. The Morgan fingerprint density at radius 1 is 1.00 bits per heavy atom. The van der Waals surface area contributed by atoms with Crippen LogP contribution in [0, 0.1) is 0 Å². The molecule has 0 spiro atoms. The van der Waals surface area contributed by atoms with E-state index in [9.17, 15) is 9.59 Å². The maximum Gasteiger partial charge on any atom is 0.276 e. The number of nitrogens with zero attached hydrogens (tertiary/aromatic N) is 3. The minimum atomic E-state index is -1.48. The second kappa shape index (κ2) is 11.9. The molecule has 2 rings (SSSR count). The third kappa shape index (κ3) is 6.10. The smallest absolute Gasteiger partial charge is 0.276 e. The second-order valence-corrected chi connectivity index (χ2v) is 6.73. The number of amides is 1. The van der Waals surface area contributed by atoms with Crippen LogP contribution in [0.5, 0.6) is 23.0 Å². The number of hydrogen-bond donors (Lipinski definition) is 0. The quantitative estimate of drug-likeness (QED) is 0.271. The second-order valence-electron chi connectivity index (χ2n) is 6.39. The molecule has 172 valence electrons. The summed E-state index contributed by atoms with van der Waals surface area (Å²) in [7, 11) is 2.94. The van der Waals surface area contributed by atoms with Crippen LogP contribution in [0.4, 0.5) is 11.4 Å². The Balaban J connectivity index is 2.40. The van der Waals surface area contributed by atoms with E-state index in [1.165, 1.54) is 33.3 Å². The minimum absolute atomic E-state index is 0.249. The first-order valence-corrected chi connectivity index (χ1v) is 10.2. The Bertz CT molecular complexity index is 936. The molecule has 0 radical (unpaired) electrons. The van der Waals surface area contributed by atoms with Gasteiger partial charge in [-0.2, -0.15) is 5.11 Å². The molecule has 0 aromatic heterocycles. The van der Waals surface area contributed by atoms with Gasteiger partial charge in [0.15, 0.2) is 23.0 Å². The lowest BCUT2D eigenvalue weighted by molar-refractivity contribution is -0.126. The molecule has 2 aromatic rings. The lowest BCUT2D eigenvalue weighted by atomic mass is 10.2. The molecule has 0 N–H and O–H groups in total. The molecule has 0 saturated heterocycles. The molecular formula is C22H26ClN3O6. The van der Waals surface area contributed by atoms with E-state index < -0.39 is 17.7 Å². The molecule has 9 nitrogen and oxygen atoms in total. The van der Waals surface area contributed by atoms with Crippen LogP contribution in [-0.2, 0) is 9.59 Å². The van der Waals surface area contributed by atoms with E-state index in [2.05, 4.69) is 10.2 Å². The standard InChI is InChI=1S/C22H26ClN3O6/c1-6-31-18-9-8-10-19(32-7-2)21(18)25-24-20(14(3)27)22(28)26(23)15-11-16(29-4)13-17(12-15)30-5/h8-13,20H,6-7H2,1-5H3. The molecule has 0 heterocycles. The summed E-state index contributed by atoms with van der Waals surface area (Å²) in [4.78, 5) is 25.2. The number of hydrogen-bond acceptors (Lipinski definition) is 8. The van der Waals surface area contributed by atoms with Gasteiger partial charge in [-0.3, -0.25) is 9.59 Å². The molecule has 0 aliphatic heterocycles. The van der Waals surface area contributed by atoms with Crippen LogP contribution in [0.3, 0.4) is 0 Å². The van der Waals surface area contributed by atoms with Crippen LogP contribution >= 0.6 is 11.8 Å². The third-order valence-corrected chi connectivity index (χ3v) is 4.57. The van der Waals surface area contributed by atoms with Crippen molar-refractivity contribution in [1.29, 1.82) is 0 Å². The monoisotopic (exact) mass is 463 g/mol. The number of carbonyl (C=O) groups is 2. The lowest BCUT2D eigenvalue weighted by Gasteiger charge is -2.18. The van der Waals surface area contributed by atoms with Crippen LogP contribution in [0.2, 0.25) is 0 Å². The molecule has 0 aliphatic rings. The van der Waals surface area contributed by atoms with Gasteiger partial charge in [-0.25, -0.2) is 4.42 Å². The van der Waals surface area contributed by atoms with Crippen molar-refractivity contribution in [3.63, 3.8) is 0 Å². The number of halogens is 1. The van der Waals surface area contributed by atoms with Crippen LogP contribution < -0.4 is 23.4 Å². The molecule has 32 heavy (non-hydrogen) atoms. The zero-order valence-corrected chi connectivity index (χ0v) is 19.4. The first-order chi connectivity index (χ1) is 15.4. The Morgan fingerprint density at radius 2 is 1.53 bits per heavy atom. The SMILES string of the molecule is CCOc1cccc(OCC)c1N=NC(C(C)=O)C(=O)N(Cl)c1cc(OC)cc(OC)c1. The topological polar surface area (TPSA) is 99.0 Å². The maximum absolute atomic E-state index is 13.0. The van der Waals surface area contributed by atoms with Crippen LogP contribution in [0.1, 0.15) is 20.8 Å². The Morgan fingerprint density at radius 3 is 1.97 bits per heavy atom. The van der Waals surface area contributed by atoms with E-state index in [4.69, 9.17) is 30.7 Å². The molecule has 1 unspecified atom stereocenters. The number of Topliss-reactive ketones (excluding diaryl/α,β-unsaturated/α-hetero) is 1. The van der Waals surface area contributed by atoms with Crippen molar-refractivity contribution < 1.29 is 28.5 Å². The van der Waals surface area contributed by atoms with Gasteiger partial charge in [-0.15, -0.1) is 5.11 Å². The Hall–Kier alpha value is -3.33. The fourth-order valence-corrected chi connectivity index (χ4v) is 2.90. The van der Waals surface area contributed by atoms with Gasteiger partial charge in [0.05, 0.1) is 33.1 Å². The maximum atomic E-state index is 13.0.